The molecule has 2 rings (SSSR count). The Hall–Kier alpha value is -2.27. The largest absolute Gasteiger partial charge is 0.473 e. The number of carbonyl (C=O) groups excluding carboxylic acids is 1. The van der Waals surface area contributed by atoms with Gasteiger partial charge in [-0.15, -0.1) is 5.53 Å². The Morgan fingerprint density at radius 1 is 1.41 bits per heavy atom. The van der Waals surface area contributed by atoms with E-state index in [9.17, 15) is 18.0 Å². The topological polar surface area (TPSA) is 68.2 Å². The van der Waals surface area contributed by atoms with Gasteiger partial charge in [-0.3, -0.25) is 4.79 Å². The molecule has 1 aromatic carbocycles. The van der Waals surface area contributed by atoms with Crippen LogP contribution in [0, 0.1) is 11.3 Å². The first-order valence-corrected chi connectivity index (χ1v) is 4.40. The third-order valence-corrected chi connectivity index (χ3v) is 2.11. The fraction of sp³-hybridized carbons (Fsp3) is 0.111. The van der Waals surface area contributed by atoms with Crippen molar-refractivity contribution < 1.29 is 18.0 Å². The van der Waals surface area contributed by atoms with Crippen molar-refractivity contribution in [2.45, 2.75) is 6.18 Å². The average Bonchev–Trinajstić information content (AvgIpc) is 2.69. The summed E-state index contributed by atoms with van der Waals surface area (Å²) in [4.78, 5) is 11.0. The molecule has 17 heavy (non-hydrogen) atoms. The van der Waals surface area contributed by atoms with Crippen molar-refractivity contribution in [2.75, 3.05) is 10.4 Å². The molecule has 0 radical (unpaired) electrons. The molecule has 0 aliphatic carbocycles. The number of nitrogens with zero attached hydrogens (tertiary/aromatic N) is 2. The van der Waals surface area contributed by atoms with Gasteiger partial charge < -0.3 is 5.43 Å². The summed E-state index contributed by atoms with van der Waals surface area (Å²) in [6, 6.07) is 5.75. The second-order valence-corrected chi connectivity index (χ2v) is 3.22. The molecule has 0 bridgehead atoms. The predicted molar refractivity (Wildman–Crippen MR) is 51.5 cm³/mol. The van der Waals surface area contributed by atoms with Crippen molar-refractivity contribution in [3.05, 3.63) is 23.8 Å². The molecule has 1 aliphatic rings. The number of fused-ring (bicyclic) bond motifs is 1. The fourth-order valence-corrected chi connectivity index (χ4v) is 1.36. The fourth-order valence-electron chi connectivity index (χ4n) is 1.36. The summed E-state index contributed by atoms with van der Waals surface area (Å²) in [5.41, 5.74) is 5.00. The first-order valence-electron chi connectivity index (χ1n) is 4.40. The molecule has 1 aromatic rings. The van der Waals surface area contributed by atoms with Crippen LogP contribution in [0.25, 0.3) is 0 Å². The van der Waals surface area contributed by atoms with E-state index in [0.717, 1.165) is 0 Å². The van der Waals surface area contributed by atoms with Crippen molar-refractivity contribution in [3.8, 4) is 6.07 Å². The maximum Gasteiger partial charge on any atom is 0.473 e. The molecular weight excluding hydrogens is 237 g/mol. The van der Waals surface area contributed by atoms with Gasteiger partial charge in [-0.05, 0) is 18.2 Å². The molecule has 2 N–H and O–H groups in total. The van der Waals surface area contributed by atoms with Gasteiger partial charge in [0, 0.05) is 0 Å². The van der Waals surface area contributed by atoms with Crippen LogP contribution < -0.4 is 16.0 Å². The van der Waals surface area contributed by atoms with Crippen LogP contribution >= 0.6 is 0 Å². The Labute approximate surface area is 93.4 Å². The lowest BCUT2D eigenvalue weighted by Gasteiger charge is -2.16. The van der Waals surface area contributed by atoms with Gasteiger partial charge in [0.2, 0.25) is 0 Å². The van der Waals surface area contributed by atoms with E-state index in [-0.39, 0.29) is 16.9 Å². The molecule has 1 amide bonds. The smallest absolute Gasteiger partial charge is 0.301 e. The van der Waals surface area contributed by atoms with E-state index in [1.54, 1.807) is 0 Å². The Bertz CT molecular complexity index is 520. The van der Waals surface area contributed by atoms with Crippen LogP contribution in [0.15, 0.2) is 18.2 Å². The van der Waals surface area contributed by atoms with Gasteiger partial charge in [0.15, 0.2) is 0 Å². The van der Waals surface area contributed by atoms with Crippen molar-refractivity contribution in [1.82, 2.24) is 5.53 Å². The van der Waals surface area contributed by atoms with Gasteiger partial charge in [0.05, 0.1) is 23.0 Å². The van der Waals surface area contributed by atoms with Crippen LogP contribution in [0.1, 0.15) is 5.56 Å². The first-order chi connectivity index (χ1) is 7.93. The monoisotopic (exact) mass is 242 g/mol. The summed E-state index contributed by atoms with van der Waals surface area (Å²) in [5, 5.41) is 8.96. The molecule has 1 heterocycles. The lowest BCUT2D eigenvalue weighted by Crippen LogP contribution is -2.48. The van der Waals surface area contributed by atoms with Gasteiger partial charge in [-0.1, -0.05) is 0 Å². The number of hydrazine groups is 2. The van der Waals surface area contributed by atoms with E-state index < -0.39 is 12.1 Å². The number of anilines is 2. The van der Waals surface area contributed by atoms with Gasteiger partial charge in [-0.25, -0.2) is 5.01 Å². The van der Waals surface area contributed by atoms with Crippen LogP contribution in [0.5, 0.6) is 0 Å². The van der Waals surface area contributed by atoms with Crippen LogP contribution in [0.3, 0.4) is 0 Å². The van der Waals surface area contributed by atoms with E-state index >= 15 is 0 Å². The lowest BCUT2D eigenvalue weighted by molar-refractivity contribution is -0.171. The zero-order chi connectivity index (χ0) is 12.6. The molecule has 0 atom stereocenters. The Balaban J connectivity index is 2.36. The first kappa shape index (κ1) is 11.2. The minimum Gasteiger partial charge on any atom is -0.301 e. The van der Waals surface area contributed by atoms with Crippen LogP contribution in [-0.2, 0) is 4.79 Å². The van der Waals surface area contributed by atoms with E-state index in [0.29, 0.717) is 5.01 Å². The molecule has 0 saturated carbocycles. The highest BCUT2D eigenvalue weighted by molar-refractivity contribution is 6.01. The number of alkyl halides is 3. The van der Waals surface area contributed by atoms with Crippen molar-refractivity contribution in [2.24, 2.45) is 0 Å². The highest BCUT2D eigenvalue weighted by Gasteiger charge is 2.45. The maximum atomic E-state index is 12.2. The maximum absolute atomic E-state index is 12.2. The number of carbonyl (C=O) groups is 1. The minimum absolute atomic E-state index is 0.0197. The summed E-state index contributed by atoms with van der Waals surface area (Å²) in [7, 11) is 0. The molecule has 0 fully saturated rings. The molecular formula is C9H5F3N4O. The van der Waals surface area contributed by atoms with Crippen LogP contribution in [0.4, 0.5) is 24.5 Å². The summed E-state index contributed by atoms with van der Waals surface area (Å²) in [6.07, 6.45) is -4.97. The van der Waals surface area contributed by atoms with Gasteiger partial charge in [0.25, 0.3) is 0 Å². The van der Waals surface area contributed by atoms with Gasteiger partial charge >= 0.3 is 12.1 Å². The van der Waals surface area contributed by atoms with Crippen LogP contribution in [-0.4, -0.2) is 12.1 Å². The van der Waals surface area contributed by atoms with E-state index in [4.69, 9.17) is 5.26 Å². The number of nitrogens with one attached hydrogen (secondary N) is 2. The average molecular weight is 242 g/mol. The van der Waals surface area contributed by atoms with E-state index in [2.05, 4.69) is 11.0 Å². The molecule has 5 nitrogen and oxygen atoms in total. The SMILES string of the molecule is N#Cc1ccc2c(c1)NNN2C(=O)C(F)(F)F. The Morgan fingerprint density at radius 2 is 2.12 bits per heavy atom. The predicted octanol–water partition coefficient (Wildman–Crippen LogP) is 1.30. The van der Waals surface area contributed by atoms with Crippen molar-refractivity contribution >= 4 is 17.3 Å². The number of nitriles is 1. The van der Waals surface area contributed by atoms with E-state index in [1.165, 1.54) is 18.2 Å². The number of hydrogen-bond acceptors (Lipinski definition) is 4. The third-order valence-electron chi connectivity index (χ3n) is 2.11. The third kappa shape index (κ3) is 1.88. The zero-order valence-electron chi connectivity index (χ0n) is 8.17. The zero-order valence-corrected chi connectivity index (χ0v) is 8.17. The highest BCUT2D eigenvalue weighted by atomic mass is 19.4. The van der Waals surface area contributed by atoms with Crippen LogP contribution in [0.2, 0.25) is 0 Å². The molecule has 1 aliphatic heterocycles. The molecule has 0 saturated heterocycles. The van der Waals surface area contributed by atoms with Gasteiger partial charge in [-0.2, -0.15) is 18.4 Å². The van der Waals surface area contributed by atoms with Crippen molar-refractivity contribution in [3.63, 3.8) is 0 Å². The lowest BCUT2D eigenvalue weighted by atomic mass is 10.2. The molecule has 88 valence electrons. The summed E-state index contributed by atoms with van der Waals surface area (Å²) in [6.45, 7) is 0. The second kappa shape index (κ2) is 3.64. The molecule has 0 unspecified atom stereocenters. The highest BCUT2D eigenvalue weighted by Crippen LogP contribution is 2.32. The van der Waals surface area contributed by atoms with Gasteiger partial charge in [0.1, 0.15) is 0 Å². The van der Waals surface area contributed by atoms with Crippen molar-refractivity contribution in [1.29, 1.82) is 5.26 Å². The minimum atomic E-state index is -4.97. The Kier molecular flexibility index (Phi) is 2.40. The summed E-state index contributed by atoms with van der Waals surface area (Å²) < 4.78 is 36.7. The number of benzene rings is 1. The number of amides is 1. The Morgan fingerprint density at radius 3 is 2.71 bits per heavy atom. The quantitative estimate of drug-likeness (QED) is 0.719. The molecule has 0 spiro atoms. The number of rotatable bonds is 0. The molecule has 8 heteroatoms. The standard InChI is InChI=1S/C9H5F3N4O/c10-9(11,12)8(17)16-7-2-1-5(4-13)3-6(7)14-15-16/h1-3,14-15H. The summed E-state index contributed by atoms with van der Waals surface area (Å²) >= 11 is 0. The molecule has 0 aromatic heterocycles. The van der Waals surface area contributed by atoms with E-state index in [1.807, 2.05) is 6.07 Å². The summed E-state index contributed by atoms with van der Waals surface area (Å²) in [5.74, 6) is -2.03. The second-order valence-electron chi connectivity index (χ2n) is 3.22. The number of halogens is 3. The number of hydrogen-bond donors (Lipinski definition) is 2. The normalized spacial score (nSPS) is 13.9.